The molecule has 0 saturated carbocycles. The van der Waals surface area contributed by atoms with Crippen LogP contribution in [-0.2, 0) is 5.41 Å². The maximum Gasteiger partial charge on any atom is 0.112 e. The molecule has 4 aromatic rings. The number of fused-ring (bicyclic) bond motifs is 4. The van der Waals surface area contributed by atoms with Crippen LogP contribution in [0.1, 0.15) is 86.5 Å². The van der Waals surface area contributed by atoms with Crippen molar-refractivity contribution < 1.29 is 43.8 Å². The Balaban J connectivity index is 0.00000264. The molecule has 4 nitrogen and oxygen atoms in total. The number of hydrogen-bond acceptors (Lipinski definition) is 3. The minimum atomic E-state index is 0. The Morgan fingerprint density at radius 3 is 1.73 bits per heavy atom. The van der Waals surface area contributed by atoms with Crippen LogP contribution in [0, 0.1) is 13.8 Å². The summed E-state index contributed by atoms with van der Waals surface area (Å²) in [6.07, 6.45) is 13.0. The van der Waals surface area contributed by atoms with Gasteiger partial charge in [0, 0.05) is 11.0 Å². The molecule has 0 radical (unpaired) electrons. The van der Waals surface area contributed by atoms with Crippen molar-refractivity contribution in [3.63, 3.8) is 0 Å². The Hall–Kier alpha value is -1.64. The van der Waals surface area contributed by atoms with Crippen LogP contribution in [0.2, 0.25) is 0 Å². The molecule has 1 aliphatic rings. The van der Waals surface area contributed by atoms with E-state index in [1.54, 1.807) is 20.9 Å². The topological polar surface area (TPSA) is 34.7 Å². The third-order valence-corrected chi connectivity index (χ3v) is 10.0. The van der Waals surface area contributed by atoms with Crippen LogP contribution in [-0.4, -0.2) is 50.0 Å². The Labute approximate surface area is 291 Å². The smallest absolute Gasteiger partial charge is 0.112 e. The third kappa shape index (κ3) is 8.19. The predicted molar refractivity (Wildman–Crippen MR) is 180 cm³/mol. The fourth-order valence-corrected chi connectivity index (χ4v) is 7.80. The van der Waals surface area contributed by atoms with E-state index in [0.717, 1.165) is 11.0 Å². The number of nitrogens with one attached hydrogen (secondary N) is 2. The van der Waals surface area contributed by atoms with Crippen molar-refractivity contribution in [1.29, 1.82) is 0 Å². The number of unbranched alkanes of at least 4 members (excludes halogenated alkanes) is 6. The highest BCUT2D eigenvalue weighted by atomic mass is 79.9. The van der Waals surface area contributed by atoms with Crippen molar-refractivity contribution in [1.82, 2.24) is 8.75 Å². The van der Waals surface area contributed by atoms with Gasteiger partial charge in [-0.2, -0.15) is 8.75 Å². The quantitative estimate of drug-likeness (QED) is 0.174. The summed E-state index contributed by atoms with van der Waals surface area (Å²) in [7, 11) is 9.07. The SMILES string of the molecule is Cc1ccc2c(c1)C(CCCCCC[NH+](C)C)(CCCCCC[NH+](C)C)c1cc(-c3ccc(C)c4nsnc34)ccc1-2.[Br-].[Br-]. The van der Waals surface area contributed by atoms with Crippen molar-refractivity contribution in [3.05, 3.63) is 70.8 Å². The zero-order chi connectivity index (χ0) is 29.7. The summed E-state index contributed by atoms with van der Waals surface area (Å²) in [5.41, 5.74) is 13.3. The van der Waals surface area contributed by atoms with Crippen LogP contribution in [0.5, 0.6) is 0 Å². The Kier molecular flexibility index (Phi) is 14.0. The van der Waals surface area contributed by atoms with E-state index in [0.29, 0.717) is 0 Å². The van der Waals surface area contributed by atoms with Crippen molar-refractivity contribution in [2.75, 3.05) is 41.3 Å². The maximum absolute atomic E-state index is 4.74. The summed E-state index contributed by atoms with van der Waals surface area (Å²) < 4.78 is 9.37. The zero-order valence-electron chi connectivity index (χ0n) is 27.7. The van der Waals surface area contributed by atoms with Gasteiger partial charge in [0.2, 0.25) is 0 Å². The summed E-state index contributed by atoms with van der Waals surface area (Å²) >= 11 is 1.33. The number of benzene rings is 3. The fraction of sp³-hybridized carbons (Fsp3) is 0.514. The van der Waals surface area contributed by atoms with Gasteiger partial charge in [0.05, 0.1) is 53.0 Å². The second kappa shape index (κ2) is 16.8. The molecule has 0 atom stereocenters. The molecule has 0 bridgehead atoms. The molecule has 0 spiro atoms. The van der Waals surface area contributed by atoms with Gasteiger partial charge in [-0.1, -0.05) is 73.7 Å². The molecule has 44 heavy (non-hydrogen) atoms. The lowest BCUT2D eigenvalue weighted by molar-refractivity contribution is -0.858. The monoisotopic (exact) mass is 742 g/mol. The van der Waals surface area contributed by atoms with Gasteiger partial charge in [-0.15, -0.1) is 0 Å². The number of aryl methyl sites for hydroxylation is 2. The molecule has 3 aromatic carbocycles. The van der Waals surface area contributed by atoms with Crippen LogP contribution in [0.25, 0.3) is 33.3 Å². The van der Waals surface area contributed by atoms with E-state index in [-0.39, 0.29) is 39.4 Å². The van der Waals surface area contributed by atoms with E-state index in [2.05, 4.69) is 94.9 Å². The molecule has 0 fully saturated rings. The number of aromatic nitrogens is 2. The summed E-state index contributed by atoms with van der Waals surface area (Å²) in [6.45, 7) is 6.94. The first kappa shape index (κ1) is 36.8. The first-order chi connectivity index (χ1) is 20.3. The highest BCUT2D eigenvalue weighted by molar-refractivity contribution is 7.00. The molecule has 240 valence electrons. The van der Waals surface area contributed by atoms with Gasteiger partial charge in [-0.3, -0.25) is 0 Å². The number of rotatable bonds is 15. The van der Waals surface area contributed by atoms with Crippen LogP contribution in [0.15, 0.2) is 48.5 Å². The molecular weight excluding hydrogens is 692 g/mol. The van der Waals surface area contributed by atoms with Crippen LogP contribution in [0.4, 0.5) is 0 Å². The first-order valence-corrected chi connectivity index (χ1v) is 17.1. The Morgan fingerprint density at radius 1 is 0.591 bits per heavy atom. The number of halogens is 2. The number of hydrogen-bond donors (Lipinski definition) is 2. The molecule has 2 N–H and O–H groups in total. The molecule has 0 aliphatic heterocycles. The lowest BCUT2D eigenvalue weighted by Crippen LogP contribution is -3.05. The predicted octanol–water partition coefficient (Wildman–Crippen LogP) is 0.440. The van der Waals surface area contributed by atoms with Crippen LogP contribution in [0.3, 0.4) is 0 Å². The van der Waals surface area contributed by atoms with Crippen molar-refractivity contribution in [2.45, 2.75) is 83.5 Å². The van der Waals surface area contributed by atoms with Crippen LogP contribution < -0.4 is 43.8 Å². The average Bonchev–Trinajstić information content (AvgIpc) is 3.55. The summed E-state index contributed by atoms with van der Waals surface area (Å²) in [5.74, 6) is 0. The van der Waals surface area contributed by atoms with E-state index in [9.17, 15) is 0 Å². The van der Waals surface area contributed by atoms with Gasteiger partial charge < -0.3 is 43.8 Å². The standard InChI is InChI=1S/C37H50N4S.2BrH/c1-27-15-18-31-32-20-17-29(30-19-16-28(2)35-36(30)39-42-38-35)26-34(32)37(33(31)25-27,21-11-7-9-13-23-40(3)4)22-12-8-10-14-24-41(5)6;;/h15-20,25-26H,7-14,21-24H2,1-6H3;2*1H. The minimum Gasteiger partial charge on any atom is -1.00 e. The normalized spacial score (nSPS) is 13.2. The minimum absolute atomic E-state index is 0. The number of quaternary nitrogens is 2. The zero-order valence-corrected chi connectivity index (χ0v) is 31.7. The first-order valence-electron chi connectivity index (χ1n) is 16.4. The Bertz CT molecular complexity index is 1480. The van der Waals surface area contributed by atoms with Crippen molar-refractivity contribution >= 4 is 22.8 Å². The molecule has 1 heterocycles. The van der Waals surface area contributed by atoms with Gasteiger partial charge >= 0.3 is 0 Å². The molecule has 1 aliphatic carbocycles. The van der Waals surface area contributed by atoms with E-state index >= 15 is 0 Å². The molecule has 7 heteroatoms. The van der Waals surface area contributed by atoms with Gasteiger partial charge in [0.15, 0.2) is 0 Å². The molecule has 0 unspecified atom stereocenters. The lowest BCUT2D eigenvalue weighted by Gasteiger charge is -2.33. The molecular formula is C37H52Br2N4S. The number of nitrogens with zero attached hydrogens (tertiary/aromatic N) is 2. The average molecular weight is 745 g/mol. The van der Waals surface area contributed by atoms with Gasteiger partial charge in [-0.05, 0) is 91.8 Å². The molecule has 5 rings (SSSR count). The molecule has 0 amide bonds. The van der Waals surface area contributed by atoms with Crippen molar-refractivity contribution in [2.24, 2.45) is 0 Å². The van der Waals surface area contributed by atoms with Crippen LogP contribution >= 0.6 is 11.7 Å². The van der Waals surface area contributed by atoms with E-state index in [4.69, 9.17) is 4.37 Å². The van der Waals surface area contributed by atoms with Gasteiger partial charge in [0.25, 0.3) is 0 Å². The summed E-state index contributed by atoms with van der Waals surface area (Å²) in [6, 6.07) is 19.0. The summed E-state index contributed by atoms with van der Waals surface area (Å²) in [4.78, 5) is 3.12. The largest absolute Gasteiger partial charge is 1.00 e. The summed E-state index contributed by atoms with van der Waals surface area (Å²) in [5, 5.41) is 0. The highest BCUT2D eigenvalue weighted by Gasteiger charge is 2.42. The second-order valence-corrected chi connectivity index (χ2v) is 14.1. The second-order valence-electron chi connectivity index (χ2n) is 13.5. The van der Waals surface area contributed by atoms with Gasteiger partial charge in [-0.25, -0.2) is 0 Å². The van der Waals surface area contributed by atoms with E-state index in [1.807, 2.05) is 0 Å². The highest BCUT2D eigenvalue weighted by Crippen LogP contribution is 2.55. The van der Waals surface area contributed by atoms with E-state index in [1.165, 1.54) is 122 Å². The molecule has 0 saturated heterocycles. The maximum atomic E-state index is 4.74. The van der Waals surface area contributed by atoms with E-state index < -0.39 is 0 Å². The van der Waals surface area contributed by atoms with Crippen molar-refractivity contribution in [3.8, 4) is 22.3 Å². The molecule has 1 aromatic heterocycles. The third-order valence-electron chi connectivity index (χ3n) is 9.50. The lowest BCUT2D eigenvalue weighted by atomic mass is 9.70. The fourth-order valence-electron chi connectivity index (χ4n) is 7.18. The van der Waals surface area contributed by atoms with Gasteiger partial charge in [0.1, 0.15) is 11.0 Å². The Morgan fingerprint density at radius 2 is 1.11 bits per heavy atom.